The summed E-state index contributed by atoms with van der Waals surface area (Å²) < 4.78 is 5.21. The average molecular weight is 379 g/mol. The molecule has 1 heterocycles. The zero-order valence-electron chi connectivity index (χ0n) is 16.5. The molecule has 2 amide bonds. The molecule has 28 heavy (non-hydrogen) atoms. The summed E-state index contributed by atoms with van der Waals surface area (Å²) in [6, 6.07) is 13.7. The van der Waals surface area contributed by atoms with Crippen molar-refractivity contribution >= 4 is 23.2 Å². The molecule has 6 heteroatoms. The Balaban J connectivity index is 1.76. The van der Waals surface area contributed by atoms with Crippen LogP contribution in [0.5, 0.6) is 0 Å². The summed E-state index contributed by atoms with van der Waals surface area (Å²) in [5.74, 6) is -0.356. The average Bonchev–Trinajstić information content (AvgIpc) is 2.69. The fourth-order valence-corrected chi connectivity index (χ4v) is 3.16. The standard InChI is InChI=1S/C22H25N3O3/c1-15-8-9-16(2)20(12-15)25-21(26)11-10-19(24-25)22(27)23-13-17-6-4-5-7-18(17)14-28-3/h4-9,12H,10-11,13-14H2,1-3H3,(H,23,27). The first-order chi connectivity index (χ1) is 13.5. The van der Waals surface area contributed by atoms with Gasteiger partial charge in [0.2, 0.25) is 5.91 Å². The number of benzene rings is 2. The summed E-state index contributed by atoms with van der Waals surface area (Å²) in [6.07, 6.45) is 0.603. The fraction of sp³-hybridized carbons (Fsp3) is 0.318. The number of nitrogens with one attached hydrogen (secondary N) is 1. The molecule has 1 N–H and O–H groups in total. The molecule has 2 aromatic rings. The van der Waals surface area contributed by atoms with Gasteiger partial charge in [-0.2, -0.15) is 5.10 Å². The van der Waals surface area contributed by atoms with Crippen molar-refractivity contribution in [1.29, 1.82) is 0 Å². The quantitative estimate of drug-likeness (QED) is 0.837. The highest BCUT2D eigenvalue weighted by molar-refractivity contribution is 6.40. The number of hydrogen-bond donors (Lipinski definition) is 1. The van der Waals surface area contributed by atoms with Crippen molar-refractivity contribution < 1.29 is 14.3 Å². The van der Waals surface area contributed by atoms with Gasteiger partial charge in [0.1, 0.15) is 5.71 Å². The Kier molecular flexibility index (Phi) is 6.21. The van der Waals surface area contributed by atoms with Crippen molar-refractivity contribution in [3.8, 4) is 0 Å². The SMILES string of the molecule is COCc1ccccc1CNC(=O)C1=NN(c2cc(C)ccc2C)C(=O)CC1. The van der Waals surface area contributed by atoms with Gasteiger partial charge in [0.25, 0.3) is 5.91 Å². The van der Waals surface area contributed by atoms with Crippen molar-refractivity contribution in [2.75, 3.05) is 12.1 Å². The Morgan fingerprint density at radius 3 is 2.64 bits per heavy atom. The van der Waals surface area contributed by atoms with Gasteiger partial charge in [-0.1, -0.05) is 36.4 Å². The monoisotopic (exact) mass is 379 g/mol. The van der Waals surface area contributed by atoms with Gasteiger partial charge in [0, 0.05) is 26.5 Å². The highest BCUT2D eigenvalue weighted by atomic mass is 16.5. The molecule has 0 radical (unpaired) electrons. The number of carbonyl (C=O) groups excluding carboxylic acids is 2. The Bertz CT molecular complexity index is 921. The molecule has 0 bridgehead atoms. The largest absolute Gasteiger partial charge is 0.380 e. The van der Waals surface area contributed by atoms with Crippen LogP contribution in [0.15, 0.2) is 47.6 Å². The third-order valence-corrected chi connectivity index (χ3v) is 4.75. The van der Waals surface area contributed by atoms with Crippen LogP contribution >= 0.6 is 0 Å². The normalized spacial score (nSPS) is 14.0. The second-order valence-electron chi connectivity index (χ2n) is 6.93. The molecule has 0 aromatic heterocycles. The molecule has 0 atom stereocenters. The van der Waals surface area contributed by atoms with E-state index < -0.39 is 0 Å². The number of ether oxygens (including phenoxy) is 1. The Hall–Kier alpha value is -2.99. The van der Waals surface area contributed by atoms with Crippen molar-refractivity contribution in [2.24, 2.45) is 5.10 Å². The summed E-state index contributed by atoms with van der Waals surface area (Å²) in [4.78, 5) is 25.1. The van der Waals surface area contributed by atoms with E-state index >= 15 is 0 Å². The lowest BCUT2D eigenvalue weighted by Gasteiger charge is -2.25. The van der Waals surface area contributed by atoms with Crippen molar-refractivity contribution in [1.82, 2.24) is 5.32 Å². The van der Waals surface area contributed by atoms with Crippen LogP contribution < -0.4 is 10.3 Å². The van der Waals surface area contributed by atoms with Crippen molar-refractivity contribution in [3.05, 3.63) is 64.7 Å². The maximum atomic E-state index is 12.7. The second-order valence-corrected chi connectivity index (χ2v) is 6.93. The number of nitrogens with zero attached hydrogens (tertiary/aromatic N) is 2. The molecule has 0 saturated carbocycles. The Morgan fingerprint density at radius 1 is 1.14 bits per heavy atom. The van der Waals surface area contributed by atoms with E-state index in [2.05, 4.69) is 10.4 Å². The third-order valence-electron chi connectivity index (χ3n) is 4.75. The predicted molar refractivity (Wildman–Crippen MR) is 109 cm³/mol. The number of carbonyl (C=O) groups is 2. The third kappa shape index (κ3) is 4.46. The first-order valence-corrected chi connectivity index (χ1v) is 9.31. The van der Waals surface area contributed by atoms with Crippen LogP contribution in [0.3, 0.4) is 0 Å². The highest BCUT2D eigenvalue weighted by Gasteiger charge is 2.26. The maximum absolute atomic E-state index is 12.7. The highest BCUT2D eigenvalue weighted by Crippen LogP contribution is 2.25. The molecule has 0 unspecified atom stereocenters. The van der Waals surface area contributed by atoms with E-state index in [0.29, 0.717) is 25.3 Å². The van der Waals surface area contributed by atoms with Gasteiger partial charge in [0.15, 0.2) is 0 Å². The lowest BCUT2D eigenvalue weighted by molar-refractivity contribution is -0.119. The number of hydrogen-bond acceptors (Lipinski definition) is 4. The molecule has 0 spiro atoms. The van der Waals surface area contributed by atoms with Crippen LogP contribution in [0.2, 0.25) is 0 Å². The Morgan fingerprint density at radius 2 is 1.89 bits per heavy atom. The molecular formula is C22H25N3O3. The zero-order valence-corrected chi connectivity index (χ0v) is 16.5. The topological polar surface area (TPSA) is 71.0 Å². The van der Waals surface area contributed by atoms with Gasteiger partial charge in [-0.25, -0.2) is 5.01 Å². The van der Waals surface area contributed by atoms with Crippen LogP contribution in [0.25, 0.3) is 0 Å². The number of amides is 2. The van der Waals surface area contributed by atoms with E-state index in [0.717, 1.165) is 27.9 Å². The fourth-order valence-electron chi connectivity index (χ4n) is 3.16. The van der Waals surface area contributed by atoms with Gasteiger partial charge in [-0.15, -0.1) is 0 Å². The zero-order chi connectivity index (χ0) is 20.1. The predicted octanol–water partition coefficient (Wildman–Crippen LogP) is 3.25. The minimum atomic E-state index is -0.255. The van der Waals surface area contributed by atoms with E-state index in [1.165, 1.54) is 5.01 Å². The van der Waals surface area contributed by atoms with Crippen LogP contribution in [-0.2, 0) is 27.5 Å². The summed E-state index contributed by atoms with van der Waals surface area (Å²) in [5, 5.41) is 8.65. The van der Waals surface area contributed by atoms with Gasteiger partial charge in [-0.3, -0.25) is 9.59 Å². The lowest BCUT2D eigenvalue weighted by atomic mass is 10.1. The van der Waals surface area contributed by atoms with Gasteiger partial charge >= 0.3 is 0 Å². The number of rotatable bonds is 6. The summed E-state index contributed by atoms with van der Waals surface area (Å²) in [7, 11) is 1.64. The van der Waals surface area contributed by atoms with E-state index in [1.807, 2.05) is 56.3 Å². The van der Waals surface area contributed by atoms with Crippen LogP contribution in [0.4, 0.5) is 5.69 Å². The van der Waals surface area contributed by atoms with Gasteiger partial charge in [-0.05, 0) is 42.2 Å². The van der Waals surface area contributed by atoms with Crippen LogP contribution in [0, 0.1) is 13.8 Å². The van der Waals surface area contributed by atoms with E-state index in [1.54, 1.807) is 7.11 Å². The molecule has 146 valence electrons. The van der Waals surface area contributed by atoms with Crippen LogP contribution in [-0.4, -0.2) is 24.6 Å². The van der Waals surface area contributed by atoms with Gasteiger partial charge < -0.3 is 10.1 Å². The van der Waals surface area contributed by atoms with E-state index in [9.17, 15) is 9.59 Å². The number of methoxy groups -OCH3 is 1. The second kappa shape index (κ2) is 8.80. The van der Waals surface area contributed by atoms with Crippen molar-refractivity contribution in [2.45, 2.75) is 39.8 Å². The minimum Gasteiger partial charge on any atom is -0.380 e. The molecule has 1 aliphatic rings. The van der Waals surface area contributed by atoms with Gasteiger partial charge in [0.05, 0.1) is 12.3 Å². The molecule has 2 aromatic carbocycles. The number of anilines is 1. The van der Waals surface area contributed by atoms with Crippen molar-refractivity contribution in [3.63, 3.8) is 0 Å². The minimum absolute atomic E-state index is 0.101. The first-order valence-electron chi connectivity index (χ1n) is 9.31. The number of aryl methyl sites for hydroxylation is 2. The van der Waals surface area contributed by atoms with E-state index in [-0.39, 0.29) is 18.2 Å². The first kappa shape index (κ1) is 19.8. The van der Waals surface area contributed by atoms with Crippen LogP contribution in [0.1, 0.15) is 35.1 Å². The molecule has 0 aliphatic carbocycles. The molecule has 3 rings (SSSR count). The summed E-state index contributed by atoms with van der Waals surface area (Å²) >= 11 is 0. The van der Waals surface area contributed by atoms with E-state index in [4.69, 9.17) is 4.74 Å². The smallest absolute Gasteiger partial charge is 0.267 e. The molecule has 0 fully saturated rings. The molecule has 0 saturated heterocycles. The summed E-state index contributed by atoms with van der Waals surface area (Å²) in [6.45, 7) is 4.77. The lowest BCUT2D eigenvalue weighted by Crippen LogP contribution is -2.39. The molecule has 6 nitrogen and oxygen atoms in total. The molecular weight excluding hydrogens is 354 g/mol. The number of hydrazone groups is 1. The Labute approximate surface area is 165 Å². The maximum Gasteiger partial charge on any atom is 0.267 e. The molecule has 1 aliphatic heterocycles. The summed E-state index contributed by atoms with van der Waals surface area (Å²) in [5.41, 5.74) is 5.09.